The number of likely N-dealkylation sites (tertiary alicyclic amines) is 1. The fourth-order valence-corrected chi connectivity index (χ4v) is 2.11. The van der Waals surface area contributed by atoms with Gasteiger partial charge in [0.15, 0.2) is 0 Å². The van der Waals surface area contributed by atoms with Gasteiger partial charge in [0, 0.05) is 25.4 Å². The van der Waals surface area contributed by atoms with Crippen LogP contribution in [0.25, 0.3) is 0 Å². The summed E-state index contributed by atoms with van der Waals surface area (Å²) >= 11 is 5.52. The van der Waals surface area contributed by atoms with Crippen LogP contribution in [-0.4, -0.2) is 29.8 Å². The first-order valence-electron chi connectivity index (χ1n) is 4.65. The average molecular weight is 188 g/mol. The lowest BCUT2D eigenvalue weighted by Gasteiger charge is -2.17. The van der Waals surface area contributed by atoms with Gasteiger partial charge in [-0.1, -0.05) is 0 Å². The Labute approximate surface area is 77.9 Å². The smallest absolute Gasteiger partial charge is 0.222 e. The number of hydrogen-bond acceptors (Lipinski definition) is 1. The van der Waals surface area contributed by atoms with Crippen molar-refractivity contribution >= 4 is 17.5 Å². The van der Waals surface area contributed by atoms with Gasteiger partial charge in [0.25, 0.3) is 0 Å². The number of carbonyl (C=O) groups excluding carboxylic acids is 1. The molecule has 1 aliphatic carbocycles. The SMILES string of the molecule is O=C(CCCCl)N1CC2CC2C1. The summed E-state index contributed by atoms with van der Waals surface area (Å²) in [6.07, 6.45) is 2.83. The molecule has 2 nitrogen and oxygen atoms in total. The Bertz CT molecular complexity index is 185. The number of fused-ring (bicyclic) bond motifs is 1. The van der Waals surface area contributed by atoms with Crippen LogP contribution < -0.4 is 0 Å². The second-order valence-corrected chi connectivity index (χ2v) is 4.23. The van der Waals surface area contributed by atoms with Crippen molar-refractivity contribution in [3.8, 4) is 0 Å². The lowest BCUT2D eigenvalue weighted by molar-refractivity contribution is -0.130. The van der Waals surface area contributed by atoms with E-state index in [1.54, 1.807) is 0 Å². The molecular formula is C9H14ClNO. The third-order valence-corrected chi connectivity index (χ3v) is 3.12. The zero-order chi connectivity index (χ0) is 8.55. The van der Waals surface area contributed by atoms with Gasteiger partial charge in [-0.25, -0.2) is 0 Å². The number of piperidine rings is 1. The van der Waals surface area contributed by atoms with E-state index >= 15 is 0 Å². The Morgan fingerprint density at radius 3 is 2.67 bits per heavy atom. The monoisotopic (exact) mass is 187 g/mol. The number of nitrogens with zero attached hydrogens (tertiary/aromatic N) is 1. The van der Waals surface area contributed by atoms with Crippen LogP contribution in [0.15, 0.2) is 0 Å². The van der Waals surface area contributed by atoms with Gasteiger partial charge in [-0.15, -0.1) is 11.6 Å². The molecule has 1 saturated heterocycles. The molecule has 0 aromatic rings. The van der Waals surface area contributed by atoms with Crippen LogP contribution in [0.2, 0.25) is 0 Å². The highest BCUT2D eigenvalue weighted by Crippen LogP contribution is 2.44. The van der Waals surface area contributed by atoms with E-state index in [0.29, 0.717) is 18.2 Å². The highest BCUT2D eigenvalue weighted by Gasteiger charge is 2.46. The van der Waals surface area contributed by atoms with E-state index < -0.39 is 0 Å². The van der Waals surface area contributed by atoms with Crippen LogP contribution in [0.1, 0.15) is 19.3 Å². The maximum Gasteiger partial charge on any atom is 0.222 e. The Morgan fingerprint density at radius 2 is 2.08 bits per heavy atom. The van der Waals surface area contributed by atoms with Gasteiger partial charge >= 0.3 is 0 Å². The first-order chi connectivity index (χ1) is 5.81. The van der Waals surface area contributed by atoms with Crippen molar-refractivity contribution in [3.05, 3.63) is 0 Å². The largest absolute Gasteiger partial charge is 0.342 e. The highest BCUT2D eigenvalue weighted by molar-refractivity contribution is 6.17. The van der Waals surface area contributed by atoms with E-state index in [1.807, 2.05) is 4.90 Å². The minimum atomic E-state index is 0.308. The summed E-state index contributed by atoms with van der Waals surface area (Å²) in [7, 11) is 0. The van der Waals surface area contributed by atoms with E-state index in [0.717, 1.165) is 31.3 Å². The minimum absolute atomic E-state index is 0.308. The molecule has 2 fully saturated rings. The van der Waals surface area contributed by atoms with Crippen molar-refractivity contribution in [2.45, 2.75) is 19.3 Å². The topological polar surface area (TPSA) is 20.3 Å². The van der Waals surface area contributed by atoms with Crippen molar-refractivity contribution in [3.63, 3.8) is 0 Å². The van der Waals surface area contributed by atoms with E-state index in [-0.39, 0.29) is 0 Å². The second kappa shape index (κ2) is 3.25. The van der Waals surface area contributed by atoms with Crippen LogP contribution in [0.4, 0.5) is 0 Å². The molecule has 1 heterocycles. The van der Waals surface area contributed by atoms with Gasteiger partial charge in [-0.3, -0.25) is 4.79 Å². The molecule has 0 spiro atoms. The molecule has 2 aliphatic rings. The zero-order valence-electron chi connectivity index (χ0n) is 7.13. The highest BCUT2D eigenvalue weighted by atomic mass is 35.5. The summed E-state index contributed by atoms with van der Waals surface area (Å²) < 4.78 is 0. The number of carbonyl (C=O) groups is 1. The average Bonchev–Trinajstić information content (AvgIpc) is 2.69. The molecular weight excluding hydrogens is 174 g/mol. The van der Waals surface area contributed by atoms with Crippen LogP contribution in [-0.2, 0) is 4.79 Å². The van der Waals surface area contributed by atoms with E-state index in [9.17, 15) is 4.79 Å². The molecule has 0 radical (unpaired) electrons. The van der Waals surface area contributed by atoms with Crippen molar-refractivity contribution in [1.82, 2.24) is 4.90 Å². The van der Waals surface area contributed by atoms with E-state index in [1.165, 1.54) is 6.42 Å². The molecule has 1 saturated carbocycles. The van der Waals surface area contributed by atoms with Crippen LogP contribution >= 0.6 is 11.6 Å². The number of amides is 1. The van der Waals surface area contributed by atoms with Crippen molar-refractivity contribution in [2.24, 2.45) is 11.8 Å². The third kappa shape index (κ3) is 1.58. The first-order valence-corrected chi connectivity index (χ1v) is 5.18. The summed E-state index contributed by atoms with van der Waals surface area (Å²) in [4.78, 5) is 13.4. The normalized spacial score (nSPS) is 31.9. The van der Waals surface area contributed by atoms with Crippen LogP contribution in [0.3, 0.4) is 0 Å². The number of hydrogen-bond donors (Lipinski definition) is 0. The molecule has 0 N–H and O–H groups in total. The zero-order valence-corrected chi connectivity index (χ0v) is 7.89. The van der Waals surface area contributed by atoms with E-state index in [4.69, 9.17) is 11.6 Å². The van der Waals surface area contributed by atoms with Gasteiger partial charge in [0.1, 0.15) is 0 Å². The fraction of sp³-hybridized carbons (Fsp3) is 0.889. The Hall–Kier alpha value is -0.240. The molecule has 2 unspecified atom stereocenters. The molecule has 0 bridgehead atoms. The van der Waals surface area contributed by atoms with Crippen molar-refractivity contribution in [2.75, 3.05) is 19.0 Å². The van der Waals surface area contributed by atoms with Gasteiger partial charge in [-0.05, 0) is 24.7 Å². The predicted octanol–water partition coefficient (Wildman–Crippen LogP) is 1.48. The standard InChI is InChI=1S/C9H14ClNO/c10-3-1-2-9(12)11-5-7-4-8(7)6-11/h7-8H,1-6H2. The quantitative estimate of drug-likeness (QED) is 0.613. The van der Waals surface area contributed by atoms with Gasteiger partial charge in [0.2, 0.25) is 5.91 Å². The lowest BCUT2D eigenvalue weighted by Crippen LogP contribution is -2.30. The van der Waals surface area contributed by atoms with E-state index in [2.05, 4.69) is 0 Å². The number of halogens is 1. The maximum absolute atomic E-state index is 11.4. The molecule has 0 aromatic carbocycles. The molecule has 3 heteroatoms. The summed E-state index contributed by atoms with van der Waals surface area (Å²) in [6.45, 7) is 2.04. The molecule has 1 aliphatic heterocycles. The molecule has 2 atom stereocenters. The molecule has 1 amide bonds. The Morgan fingerprint density at radius 1 is 1.42 bits per heavy atom. The Balaban J connectivity index is 1.73. The van der Waals surface area contributed by atoms with Gasteiger partial charge < -0.3 is 4.90 Å². The first kappa shape index (κ1) is 8.36. The second-order valence-electron chi connectivity index (χ2n) is 3.85. The number of alkyl halides is 1. The van der Waals surface area contributed by atoms with Crippen molar-refractivity contribution in [1.29, 1.82) is 0 Å². The van der Waals surface area contributed by atoms with Crippen LogP contribution in [0, 0.1) is 11.8 Å². The fourth-order valence-electron chi connectivity index (χ4n) is 1.98. The van der Waals surface area contributed by atoms with Gasteiger partial charge in [-0.2, -0.15) is 0 Å². The maximum atomic E-state index is 11.4. The molecule has 2 rings (SSSR count). The third-order valence-electron chi connectivity index (χ3n) is 2.86. The summed E-state index contributed by atoms with van der Waals surface area (Å²) in [5, 5.41) is 0. The van der Waals surface area contributed by atoms with Crippen LogP contribution in [0.5, 0.6) is 0 Å². The lowest BCUT2D eigenvalue weighted by atomic mass is 10.3. The minimum Gasteiger partial charge on any atom is -0.342 e. The summed E-state index contributed by atoms with van der Waals surface area (Å²) in [5.41, 5.74) is 0. The van der Waals surface area contributed by atoms with Gasteiger partial charge in [0.05, 0.1) is 0 Å². The summed E-state index contributed by atoms with van der Waals surface area (Å²) in [6, 6.07) is 0. The Kier molecular flexibility index (Phi) is 2.26. The molecule has 68 valence electrons. The summed E-state index contributed by atoms with van der Waals surface area (Å²) in [5.74, 6) is 2.62. The van der Waals surface area contributed by atoms with Crippen molar-refractivity contribution < 1.29 is 4.79 Å². The molecule has 0 aromatic heterocycles. The molecule has 12 heavy (non-hydrogen) atoms. The predicted molar refractivity (Wildman–Crippen MR) is 48.1 cm³/mol. The number of rotatable bonds is 3.